The van der Waals surface area contributed by atoms with Crippen molar-refractivity contribution in [2.45, 2.75) is 6.92 Å². The number of rotatable bonds is 2. The number of hydrogen-bond acceptors (Lipinski definition) is 5. The number of nitroso groups, excluding NO2 is 1. The minimum Gasteiger partial charge on any atom is -0.382 e. The van der Waals surface area contributed by atoms with Crippen LogP contribution in [0, 0.1) is 11.8 Å². The number of aryl methyl sites for hydroxylation is 1. The van der Waals surface area contributed by atoms with Crippen molar-refractivity contribution in [3.8, 4) is 11.4 Å². The van der Waals surface area contributed by atoms with E-state index in [2.05, 4.69) is 15.1 Å². The van der Waals surface area contributed by atoms with Crippen LogP contribution in [0.25, 0.3) is 11.4 Å². The molecular weight excluding hydrogens is 220 g/mol. The molecule has 1 aromatic carbocycles. The molecule has 2 rings (SSSR count). The lowest BCUT2D eigenvalue weighted by atomic mass is 10.1. The minimum atomic E-state index is -0.636. The Morgan fingerprint density at radius 2 is 1.94 bits per heavy atom. The number of H-pyrrole nitrogens is 1. The molecule has 0 saturated heterocycles. The molecule has 0 atom stereocenters. The average molecular weight is 230 g/mol. The molecular formula is C11H10N4O2. The number of nitrogens with one attached hydrogen (secondary N) is 1. The van der Waals surface area contributed by atoms with E-state index in [9.17, 15) is 9.70 Å². The third-order valence-electron chi connectivity index (χ3n) is 2.34. The van der Waals surface area contributed by atoms with Crippen molar-refractivity contribution < 1.29 is 0 Å². The molecule has 6 nitrogen and oxygen atoms in total. The summed E-state index contributed by atoms with van der Waals surface area (Å²) in [6.07, 6.45) is 0. The van der Waals surface area contributed by atoms with Gasteiger partial charge in [-0.05, 0) is 12.1 Å². The molecule has 0 bridgehead atoms. The van der Waals surface area contributed by atoms with Gasteiger partial charge in [0, 0.05) is 5.56 Å². The summed E-state index contributed by atoms with van der Waals surface area (Å²) in [6, 6.07) is 7.39. The number of aromatic nitrogens is 2. The van der Waals surface area contributed by atoms with Crippen LogP contribution >= 0.6 is 0 Å². The Kier molecular flexibility index (Phi) is 2.70. The van der Waals surface area contributed by atoms with Gasteiger partial charge in [-0.2, -0.15) is 0 Å². The molecule has 0 spiro atoms. The largest absolute Gasteiger partial charge is 0.382 e. The molecule has 86 valence electrons. The zero-order chi connectivity index (χ0) is 12.4. The molecule has 0 saturated carbocycles. The lowest BCUT2D eigenvalue weighted by molar-refractivity contribution is 1.12. The first kappa shape index (κ1) is 11.0. The summed E-state index contributed by atoms with van der Waals surface area (Å²) in [4.78, 5) is 28.2. The molecule has 0 unspecified atom stereocenters. The smallest absolute Gasteiger partial charge is 0.282 e. The van der Waals surface area contributed by atoms with E-state index in [1.807, 2.05) is 19.1 Å². The van der Waals surface area contributed by atoms with Gasteiger partial charge in [-0.3, -0.25) is 4.79 Å². The number of hydrogen-bond donors (Lipinski definition) is 2. The predicted molar refractivity (Wildman–Crippen MR) is 64.9 cm³/mol. The number of aromatic amines is 1. The highest BCUT2D eigenvalue weighted by Gasteiger charge is 2.10. The molecule has 1 aromatic heterocycles. The van der Waals surface area contributed by atoms with Gasteiger partial charge in [0.15, 0.2) is 5.82 Å². The van der Waals surface area contributed by atoms with E-state index in [1.165, 1.54) is 0 Å². The van der Waals surface area contributed by atoms with Crippen LogP contribution in [0.5, 0.6) is 0 Å². The second-order valence-corrected chi connectivity index (χ2v) is 3.61. The van der Waals surface area contributed by atoms with Gasteiger partial charge in [-0.15, -0.1) is 4.91 Å². The summed E-state index contributed by atoms with van der Waals surface area (Å²) in [5.74, 6) is 0.152. The Hall–Kier alpha value is -2.50. The lowest BCUT2D eigenvalue weighted by Crippen LogP contribution is -2.11. The normalized spacial score (nSPS) is 10.2. The zero-order valence-electron chi connectivity index (χ0n) is 9.10. The van der Waals surface area contributed by atoms with Crippen LogP contribution in [-0.4, -0.2) is 9.97 Å². The summed E-state index contributed by atoms with van der Waals surface area (Å²) in [6.45, 7) is 1.95. The molecule has 6 heteroatoms. The molecule has 0 aliphatic carbocycles. The maximum absolute atomic E-state index is 11.5. The topological polar surface area (TPSA) is 101 Å². The number of nitrogens with two attached hydrogens (primary N) is 1. The summed E-state index contributed by atoms with van der Waals surface area (Å²) < 4.78 is 0. The Morgan fingerprint density at radius 3 is 2.47 bits per heavy atom. The quantitative estimate of drug-likeness (QED) is 0.767. The van der Waals surface area contributed by atoms with Gasteiger partial charge in [-0.1, -0.05) is 29.8 Å². The van der Waals surface area contributed by atoms with Gasteiger partial charge in [-0.25, -0.2) is 4.98 Å². The number of anilines is 1. The zero-order valence-corrected chi connectivity index (χ0v) is 9.10. The van der Waals surface area contributed by atoms with Crippen molar-refractivity contribution in [3.63, 3.8) is 0 Å². The van der Waals surface area contributed by atoms with Crippen LogP contribution in [-0.2, 0) is 0 Å². The van der Waals surface area contributed by atoms with E-state index >= 15 is 0 Å². The van der Waals surface area contributed by atoms with E-state index < -0.39 is 5.56 Å². The van der Waals surface area contributed by atoms with E-state index in [-0.39, 0.29) is 11.5 Å². The van der Waals surface area contributed by atoms with Crippen LogP contribution in [0.3, 0.4) is 0 Å². The highest BCUT2D eigenvalue weighted by atomic mass is 16.3. The Labute approximate surface area is 96.5 Å². The second kappa shape index (κ2) is 4.17. The molecule has 0 fully saturated rings. The Bertz CT molecular complexity index is 616. The molecule has 0 amide bonds. The van der Waals surface area contributed by atoms with Gasteiger partial charge in [0.05, 0.1) is 0 Å². The van der Waals surface area contributed by atoms with Gasteiger partial charge in [0.25, 0.3) is 5.56 Å². The highest BCUT2D eigenvalue weighted by molar-refractivity contribution is 5.63. The number of nitrogens with zero attached hydrogens (tertiary/aromatic N) is 2. The fourth-order valence-electron chi connectivity index (χ4n) is 1.42. The van der Waals surface area contributed by atoms with Gasteiger partial charge >= 0.3 is 0 Å². The molecule has 3 N–H and O–H groups in total. The summed E-state index contributed by atoms with van der Waals surface area (Å²) in [7, 11) is 0. The van der Waals surface area contributed by atoms with E-state index in [0.717, 1.165) is 11.1 Å². The third-order valence-corrected chi connectivity index (χ3v) is 2.34. The summed E-state index contributed by atoms with van der Waals surface area (Å²) >= 11 is 0. The van der Waals surface area contributed by atoms with Crippen LogP contribution in [0.15, 0.2) is 34.2 Å². The standard InChI is InChI=1S/C11H10N4O2/c1-6-2-4-7(5-3-6)10-13-9(12)8(15-17)11(16)14-10/h2-5H,1H3,(H3,12,13,14,16). The number of benzene rings is 1. The van der Waals surface area contributed by atoms with Crippen molar-refractivity contribution in [1.82, 2.24) is 9.97 Å². The summed E-state index contributed by atoms with van der Waals surface area (Å²) in [5, 5.41) is 2.54. The molecule has 0 radical (unpaired) electrons. The highest BCUT2D eigenvalue weighted by Crippen LogP contribution is 2.19. The van der Waals surface area contributed by atoms with Crippen molar-refractivity contribution in [3.05, 3.63) is 45.1 Å². The molecule has 1 heterocycles. The van der Waals surface area contributed by atoms with Crippen molar-refractivity contribution in [1.29, 1.82) is 0 Å². The van der Waals surface area contributed by atoms with Crippen molar-refractivity contribution in [2.24, 2.45) is 5.18 Å². The Balaban J connectivity index is 2.58. The maximum atomic E-state index is 11.5. The second-order valence-electron chi connectivity index (χ2n) is 3.61. The Morgan fingerprint density at radius 1 is 1.29 bits per heavy atom. The molecule has 17 heavy (non-hydrogen) atoms. The lowest BCUT2D eigenvalue weighted by Gasteiger charge is -2.03. The first-order chi connectivity index (χ1) is 8.11. The summed E-state index contributed by atoms with van der Waals surface area (Å²) in [5.41, 5.74) is 6.26. The molecule has 2 aromatic rings. The third kappa shape index (κ3) is 2.05. The SMILES string of the molecule is Cc1ccc(-c2nc(N)c(N=O)c(=O)[nH]2)cc1. The number of nitrogen functional groups attached to an aromatic ring is 1. The van der Waals surface area contributed by atoms with Crippen LogP contribution in [0.2, 0.25) is 0 Å². The predicted octanol–water partition coefficient (Wildman–Crippen LogP) is 1.73. The van der Waals surface area contributed by atoms with Gasteiger partial charge in [0.2, 0.25) is 5.69 Å². The monoisotopic (exact) mass is 230 g/mol. The minimum absolute atomic E-state index is 0.167. The maximum Gasteiger partial charge on any atom is 0.282 e. The fourth-order valence-corrected chi connectivity index (χ4v) is 1.42. The van der Waals surface area contributed by atoms with E-state index in [0.29, 0.717) is 5.82 Å². The molecule has 0 aliphatic heterocycles. The van der Waals surface area contributed by atoms with Crippen LogP contribution in [0.4, 0.5) is 11.5 Å². The fraction of sp³-hybridized carbons (Fsp3) is 0.0909. The van der Waals surface area contributed by atoms with Crippen LogP contribution in [0.1, 0.15) is 5.56 Å². The van der Waals surface area contributed by atoms with Gasteiger partial charge < -0.3 is 10.7 Å². The van der Waals surface area contributed by atoms with E-state index in [1.54, 1.807) is 12.1 Å². The van der Waals surface area contributed by atoms with Crippen molar-refractivity contribution in [2.75, 3.05) is 5.73 Å². The molecule has 0 aliphatic rings. The van der Waals surface area contributed by atoms with Gasteiger partial charge in [0.1, 0.15) is 5.82 Å². The van der Waals surface area contributed by atoms with E-state index in [4.69, 9.17) is 5.73 Å². The first-order valence-corrected chi connectivity index (χ1v) is 4.92. The average Bonchev–Trinajstić information content (AvgIpc) is 2.29. The van der Waals surface area contributed by atoms with Crippen LogP contribution < -0.4 is 11.3 Å². The first-order valence-electron chi connectivity index (χ1n) is 4.92. The van der Waals surface area contributed by atoms with Crippen molar-refractivity contribution >= 4 is 11.5 Å².